The summed E-state index contributed by atoms with van der Waals surface area (Å²) in [5.74, 6) is 1.89. The van der Waals surface area contributed by atoms with Crippen molar-refractivity contribution in [2.75, 3.05) is 23.4 Å². The maximum atomic E-state index is 13.4. The van der Waals surface area contributed by atoms with Crippen molar-refractivity contribution in [3.05, 3.63) is 29.8 Å². The molecule has 0 amide bonds. The highest BCUT2D eigenvalue weighted by Crippen LogP contribution is 2.22. The van der Waals surface area contributed by atoms with E-state index in [1.165, 1.54) is 12.2 Å². The molecule has 0 bridgehead atoms. The summed E-state index contributed by atoms with van der Waals surface area (Å²) in [6.45, 7) is 0.628. The van der Waals surface area contributed by atoms with Gasteiger partial charge in [-0.15, -0.1) is 0 Å². The van der Waals surface area contributed by atoms with E-state index in [0.717, 1.165) is 30.4 Å². The molecule has 2 rings (SSSR count). The molecule has 1 aliphatic rings. The lowest BCUT2D eigenvalue weighted by atomic mass is 10.1. The molecule has 19 heavy (non-hydrogen) atoms. The van der Waals surface area contributed by atoms with Crippen molar-refractivity contribution in [3.63, 3.8) is 0 Å². The van der Waals surface area contributed by atoms with Crippen molar-refractivity contribution in [1.29, 1.82) is 0 Å². The van der Waals surface area contributed by atoms with E-state index in [2.05, 4.69) is 10.3 Å². The number of thioether (sulfide) groups is 1. The third kappa shape index (κ3) is 4.38. The van der Waals surface area contributed by atoms with Gasteiger partial charge in [0, 0.05) is 12.6 Å². The molecule has 1 aliphatic heterocycles. The van der Waals surface area contributed by atoms with E-state index in [-0.39, 0.29) is 11.6 Å². The maximum Gasteiger partial charge on any atom is 0.193 e. The highest BCUT2D eigenvalue weighted by atomic mass is 32.2. The zero-order chi connectivity index (χ0) is 13.7. The van der Waals surface area contributed by atoms with Gasteiger partial charge in [0.25, 0.3) is 0 Å². The lowest BCUT2D eigenvalue weighted by molar-refractivity contribution is 0.535. The number of hydrogen-bond donors (Lipinski definition) is 2. The van der Waals surface area contributed by atoms with E-state index < -0.39 is 11.6 Å². The SMILES string of the molecule is NC(=NCC1CCCSC1)Nc1cc(F)ccc1F. The van der Waals surface area contributed by atoms with Crippen LogP contribution < -0.4 is 11.1 Å². The highest BCUT2D eigenvalue weighted by Gasteiger charge is 2.13. The fourth-order valence-electron chi connectivity index (χ4n) is 1.95. The van der Waals surface area contributed by atoms with Crippen LogP contribution in [-0.2, 0) is 0 Å². The van der Waals surface area contributed by atoms with Gasteiger partial charge in [0.1, 0.15) is 11.6 Å². The van der Waals surface area contributed by atoms with Gasteiger partial charge in [0.05, 0.1) is 5.69 Å². The van der Waals surface area contributed by atoms with Gasteiger partial charge < -0.3 is 11.1 Å². The Bertz CT molecular complexity index is 459. The van der Waals surface area contributed by atoms with E-state index in [0.29, 0.717) is 12.5 Å². The number of nitrogens with one attached hydrogen (secondary N) is 1. The Morgan fingerprint density at radius 3 is 3.05 bits per heavy atom. The number of guanidine groups is 1. The van der Waals surface area contributed by atoms with Crippen molar-refractivity contribution >= 4 is 23.4 Å². The molecule has 104 valence electrons. The van der Waals surface area contributed by atoms with Gasteiger partial charge in [0.15, 0.2) is 5.96 Å². The summed E-state index contributed by atoms with van der Waals surface area (Å²) in [5.41, 5.74) is 5.70. The maximum absolute atomic E-state index is 13.4. The highest BCUT2D eigenvalue weighted by molar-refractivity contribution is 7.99. The summed E-state index contributed by atoms with van der Waals surface area (Å²) in [6.07, 6.45) is 2.36. The van der Waals surface area contributed by atoms with Gasteiger partial charge in [-0.3, -0.25) is 4.99 Å². The largest absolute Gasteiger partial charge is 0.370 e. The van der Waals surface area contributed by atoms with Gasteiger partial charge in [-0.05, 0) is 42.4 Å². The predicted molar refractivity (Wildman–Crippen MR) is 76.5 cm³/mol. The molecular weight excluding hydrogens is 268 g/mol. The van der Waals surface area contributed by atoms with Crippen LogP contribution in [0.3, 0.4) is 0 Å². The normalized spacial score (nSPS) is 20.3. The van der Waals surface area contributed by atoms with Gasteiger partial charge in [0.2, 0.25) is 0 Å². The van der Waals surface area contributed by atoms with Gasteiger partial charge in [-0.25, -0.2) is 8.78 Å². The number of anilines is 1. The Kier molecular flexibility index (Phi) is 5.01. The number of aliphatic imine (C=N–C) groups is 1. The summed E-state index contributed by atoms with van der Waals surface area (Å²) < 4.78 is 26.4. The van der Waals surface area contributed by atoms with Crippen molar-refractivity contribution in [3.8, 4) is 0 Å². The van der Waals surface area contributed by atoms with Crippen molar-refractivity contribution in [1.82, 2.24) is 0 Å². The first-order valence-electron chi connectivity index (χ1n) is 6.25. The van der Waals surface area contributed by atoms with Crippen LogP contribution in [0.4, 0.5) is 14.5 Å². The number of nitrogens with zero attached hydrogens (tertiary/aromatic N) is 1. The number of halogens is 2. The molecule has 0 radical (unpaired) electrons. The Morgan fingerprint density at radius 2 is 2.32 bits per heavy atom. The van der Waals surface area contributed by atoms with E-state index >= 15 is 0 Å². The zero-order valence-corrected chi connectivity index (χ0v) is 11.4. The molecule has 1 atom stereocenters. The topological polar surface area (TPSA) is 50.4 Å². The second-order valence-corrected chi connectivity index (χ2v) is 5.71. The molecule has 6 heteroatoms. The van der Waals surface area contributed by atoms with Crippen LogP contribution >= 0.6 is 11.8 Å². The van der Waals surface area contributed by atoms with Crippen LogP contribution in [0, 0.1) is 17.6 Å². The number of benzene rings is 1. The first-order valence-corrected chi connectivity index (χ1v) is 7.40. The lowest BCUT2D eigenvalue weighted by Crippen LogP contribution is -2.25. The van der Waals surface area contributed by atoms with Crippen molar-refractivity contribution < 1.29 is 8.78 Å². The Hall–Kier alpha value is -1.30. The van der Waals surface area contributed by atoms with Gasteiger partial charge in [-0.1, -0.05) is 0 Å². The van der Waals surface area contributed by atoms with E-state index in [4.69, 9.17) is 5.73 Å². The van der Waals surface area contributed by atoms with Crippen LogP contribution in [0.25, 0.3) is 0 Å². The average molecular weight is 285 g/mol. The molecule has 3 N–H and O–H groups in total. The molecule has 0 saturated carbocycles. The Labute approximate surface area is 115 Å². The predicted octanol–water partition coefficient (Wildman–Crippen LogP) is 2.83. The van der Waals surface area contributed by atoms with Crippen molar-refractivity contribution in [2.24, 2.45) is 16.6 Å². The van der Waals surface area contributed by atoms with E-state index in [1.54, 1.807) is 0 Å². The number of rotatable bonds is 3. The van der Waals surface area contributed by atoms with Crippen LogP contribution in [-0.4, -0.2) is 24.0 Å². The van der Waals surface area contributed by atoms with Crippen LogP contribution in [0.2, 0.25) is 0 Å². The lowest BCUT2D eigenvalue weighted by Gasteiger charge is -2.19. The second-order valence-electron chi connectivity index (χ2n) is 4.56. The van der Waals surface area contributed by atoms with Crippen LogP contribution in [0.5, 0.6) is 0 Å². The van der Waals surface area contributed by atoms with Crippen LogP contribution in [0.15, 0.2) is 23.2 Å². The minimum Gasteiger partial charge on any atom is -0.370 e. The minimum atomic E-state index is -0.548. The van der Waals surface area contributed by atoms with Crippen LogP contribution in [0.1, 0.15) is 12.8 Å². The molecule has 1 heterocycles. The van der Waals surface area contributed by atoms with Gasteiger partial charge >= 0.3 is 0 Å². The number of hydrogen-bond acceptors (Lipinski definition) is 2. The quantitative estimate of drug-likeness (QED) is 0.663. The summed E-state index contributed by atoms with van der Waals surface area (Å²) in [4.78, 5) is 4.19. The zero-order valence-electron chi connectivity index (χ0n) is 10.5. The Balaban J connectivity index is 1.92. The summed E-state index contributed by atoms with van der Waals surface area (Å²) in [7, 11) is 0. The average Bonchev–Trinajstić information content (AvgIpc) is 2.42. The van der Waals surface area contributed by atoms with E-state index in [1.807, 2.05) is 11.8 Å². The molecule has 1 aromatic rings. The van der Waals surface area contributed by atoms with Gasteiger partial charge in [-0.2, -0.15) is 11.8 Å². The summed E-state index contributed by atoms with van der Waals surface area (Å²) in [6, 6.07) is 3.18. The molecule has 3 nitrogen and oxygen atoms in total. The molecule has 1 aromatic carbocycles. The third-order valence-electron chi connectivity index (χ3n) is 2.97. The van der Waals surface area contributed by atoms with E-state index in [9.17, 15) is 8.78 Å². The second kappa shape index (κ2) is 6.75. The Morgan fingerprint density at radius 1 is 1.47 bits per heavy atom. The third-order valence-corrected chi connectivity index (χ3v) is 4.25. The molecule has 1 saturated heterocycles. The molecular formula is C13H17F2N3S. The fourth-order valence-corrected chi connectivity index (χ4v) is 3.09. The molecule has 1 unspecified atom stereocenters. The first kappa shape index (κ1) is 14.1. The number of nitrogens with two attached hydrogens (primary N) is 1. The standard InChI is InChI=1S/C13H17F2N3S/c14-10-3-4-11(15)12(6-10)18-13(16)17-7-9-2-1-5-19-8-9/h3-4,6,9H,1-2,5,7-8H2,(H3,16,17,18). The molecule has 0 aliphatic carbocycles. The fraction of sp³-hybridized carbons (Fsp3) is 0.462. The van der Waals surface area contributed by atoms with Crippen molar-refractivity contribution in [2.45, 2.75) is 12.8 Å². The smallest absolute Gasteiger partial charge is 0.193 e. The molecule has 0 spiro atoms. The monoisotopic (exact) mass is 285 g/mol. The first-order chi connectivity index (χ1) is 9.15. The summed E-state index contributed by atoms with van der Waals surface area (Å²) >= 11 is 1.92. The molecule has 0 aromatic heterocycles. The summed E-state index contributed by atoms with van der Waals surface area (Å²) in [5, 5.41) is 2.60. The molecule has 1 fully saturated rings. The minimum absolute atomic E-state index is 0.0132.